The van der Waals surface area contributed by atoms with Crippen LogP contribution in [0.25, 0.3) is 0 Å². The highest BCUT2D eigenvalue weighted by atomic mass is 16.6. The summed E-state index contributed by atoms with van der Waals surface area (Å²) in [6, 6.07) is 0. The predicted molar refractivity (Wildman–Crippen MR) is 455 cm³/mol. The maximum atomic E-state index is 13.2. The molecule has 1 aliphatic rings. The van der Waals surface area contributed by atoms with E-state index in [9.17, 15) is 19.2 Å². The molecule has 106 heavy (non-hydrogen) atoms. The zero-order valence-electron chi connectivity index (χ0n) is 72.5. The van der Waals surface area contributed by atoms with E-state index in [1.165, 1.54) is 295 Å². The summed E-state index contributed by atoms with van der Waals surface area (Å²) in [7, 11) is 0. The molecule has 0 aromatic carbocycles. The fourth-order valence-corrected chi connectivity index (χ4v) is 15.6. The second-order valence-corrected chi connectivity index (χ2v) is 33.9. The number of hydrogen-bond acceptors (Lipinski definition) is 12. The van der Waals surface area contributed by atoms with Gasteiger partial charge >= 0.3 is 23.9 Å². The van der Waals surface area contributed by atoms with Crippen LogP contribution in [0.2, 0.25) is 0 Å². The zero-order valence-corrected chi connectivity index (χ0v) is 72.5. The van der Waals surface area contributed by atoms with E-state index >= 15 is 0 Å². The molecule has 0 radical (unpaired) electrons. The molecule has 2 atom stereocenters. The molecular weight excluding hydrogens is 1310 g/mol. The van der Waals surface area contributed by atoms with E-state index in [-0.39, 0.29) is 36.1 Å². The number of piperazine rings is 1. The highest BCUT2D eigenvalue weighted by Gasteiger charge is 2.21. The Morgan fingerprint density at radius 2 is 0.462 bits per heavy atom. The summed E-state index contributed by atoms with van der Waals surface area (Å²) < 4.78 is 23.8. The molecule has 12 heteroatoms. The van der Waals surface area contributed by atoms with Gasteiger partial charge in [-0.25, -0.2) is 0 Å². The third kappa shape index (κ3) is 69.6. The third-order valence-electron chi connectivity index (χ3n) is 23.1. The van der Waals surface area contributed by atoms with Crippen LogP contribution in [0, 0.1) is 11.8 Å². The van der Waals surface area contributed by atoms with Gasteiger partial charge in [0.2, 0.25) is 0 Å². The largest absolute Gasteiger partial charge is 0.465 e. The number of hydrogen-bond donors (Lipinski definition) is 0. The van der Waals surface area contributed by atoms with Crippen LogP contribution < -0.4 is 0 Å². The van der Waals surface area contributed by atoms with Gasteiger partial charge in [-0.05, 0) is 154 Å². The van der Waals surface area contributed by atoms with Crippen molar-refractivity contribution in [2.45, 2.75) is 479 Å². The summed E-state index contributed by atoms with van der Waals surface area (Å²) in [6.07, 6.45) is 74.9. The van der Waals surface area contributed by atoms with Gasteiger partial charge in [0.25, 0.3) is 0 Å². The molecule has 0 aliphatic carbocycles. The number of ether oxygens (including phenoxy) is 4. The number of carbonyl (C=O) groups excluding carboxylic acids is 4. The van der Waals surface area contributed by atoms with Gasteiger partial charge in [-0.2, -0.15) is 0 Å². The lowest BCUT2D eigenvalue weighted by molar-refractivity contribution is -0.151. The van der Waals surface area contributed by atoms with Crippen molar-refractivity contribution in [2.24, 2.45) is 11.8 Å². The first-order chi connectivity index (χ1) is 52.0. The summed E-state index contributed by atoms with van der Waals surface area (Å²) in [5.74, 6) is 0.927. The molecule has 12 nitrogen and oxygen atoms in total. The first-order valence-electron chi connectivity index (χ1n) is 47.6. The van der Waals surface area contributed by atoms with Crippen molar-refractivity contribution in [3.05, 3.63) is 0 Å². The van der Waals surface area contributed by atoms with Crippen LogP contribution in [0.15, 0.2) is 0 Å². The summed E-state index contributed by atoms with van der Waals surface area (Å²) >= 11 is 0. The maximum Gasteiger partial charge on any atom is 0.306 e. The van der Waals surface area contributed by atoms with Gasteiger partial charge in [-0.15, -0.1) is 0 Å². The van der Waals surface area contributed by atoms with E-state index in [0.717, 1.165) is 168 Å². The SMILES string of the molecule is CCCCCCCCC(CCCCCCCC)OC(=O)CCCCCCCN(CCCCCCCC(=O)OCC(C)CCCCCCC)CCN1CCN(CCN(CCCCCCCC(=O)OCC(C)CCCCCCC)CCCCCCCC(=O)OC(CCCCCCCC)CCCCCCCC)CC1. The number of rotatable bonds is 84. The van der Waals surface area contributed by atoms with Gasteiger partial charge in [-0.1, -0.05) is 325 Å². The van der Waals surface area contributed by atoms with Gasteiger partial charge in [0, 0.05) is 78.0 Å². The van der Waals surface area contributed by atoms with Crippen molar-refractivity contribution >= 4 is 23.9 Å². The zero-order chi connectivity index (χ0) is 76.9. The van der Waals surface area contributed by atoms with Crippen LogP contribution >= 0.6 is 0 Å². The molecule has 1 saturated heterocycles. The van der Waals surface area contributed by atoms with Gasteiger partial charge in [0.1, 0.15) is 12.2 Å². The third-order valence-corrected chi connectivity index (χ3v) is 23.1. The lowest BCUT2D eigenvalue weighted by Crippen LogP contribution is -2.50. The summed E-state index contributed by atoms with van der Waals surface area (Å²) in [5, 5.41) is 0. The summed E-state index contributed by atoms with van der Waals surface area (Å²) in [5.41, 5.74) is 0. The van der Waals surface area contributed by atoms with Crippen molar-refractivity contribution in [2.75, 3.05) is 91.8 Å². The second-order valence-electron chi connectivity index (χ2n) is 33.9. The average molecular weight is 1500 g/mol. The Hall–Kier alpha value is -2.28. The molecule has 628 valence electrons. The Balaban J connectivity index is 2.84. The van der Waals surface area contributed by atoms with Crippen LogP contribution in [-0.4, -0.2) is 147 Å². The van der Waals surface area contributed by atoms with E-state index in [1.807, 2.05) is 0 Å². The standard InChI is InChI=1S/C94H184N4O8/c1-9-15-21-27-37-51-65-89(66-52-38-28-22-16-10-2)105-93(101)71-57-43-33-47-61-75-95(73-59-45-31-41-55-69-91(99)103-85-87(7)63-49-35-25-19-13-5)77-79-97-81-83-98(84-82-97)80-78-96(74-60-46-32-42-56-70-92(100)104-86-88(8)64-50-36-26-20-14-6)76-62-48-34-44-58-72-94(102)106-90(67-53-39-29-23-17-11-3)68-54-40-30-24-18-12-4/h87-90H,9-86H2,1-8H3. The highest BCUT2D eigenvalue weighted by molar-refractivity contribution is 5.70. The molecule has 0 aromatic heterocycles. The number of unbranched alkanes of at least 4 members (excludes halogenated alkanes) is 44. The molecule has 0 N–H and O–H groups in total. The smallest absolute Gasteiger partial charge is 0.306 e. The molecule has 0 bridgehead atoms. The van der Waals surface area contributed by atoms with Gasteiger partial charge in [0.15, 0.2) is 0 Å². The minimum Gasteiger partial charge on any atom is -0.465 e. The van der Waals surface area contributed by atoms with Crippen LogP contribution in [0.3, 0.4) is 0 Å². The molecule has 1 aliphatic heterocycles. The van der Waals surface area contributed by atoms with Gasteiger partial charge in [0.05, 0.1) is 13.2 Å². The molecule has 0 amide bonds. The van der Waals surface area contributed by atoms with E-state index < -0.39 is 0 Å². The molecule has 0 saturated carbocycles. The lowest BCUT2D eigenvalue weighted by atomic mass is 10.0. The van der Waals surface area contributed by atoms with Crippen molar-refractivity contribution in [1.82, 2.24) is 19.6 Å². The number of nitrogens with zero attached hydrogens (tertiary/aromatic N) is 4. The highest BCUT2D eigenvalue weighted by Crippen LogP contribution is 2.23. The number of carbonyl (C=O) groups is 4. The monoisotopic (exact) mass is 1500 g/mol. The number of esters is 4. The van der Waals surface area contributed by atoms with Crippen LogP contribution in [-0.2, 0) is 38.1 Å². The van der Waals surface area contributed by atoms with Crippen LogP contribution in [0.4, 0.5) is 0 Å². The maximum absolute atomic E-state index is 13.2. The lowest BCUT2D eigenvalue weighted by Gasteiger charge is -2.37. The summed E-state index contributed by atoms with van der Waals surface area (Å²) in [4.78, 5) is 62.6. The van der Waals surface area contributed by atoms with E-state index in [0.29, 0.717) is 50.7 Å². The van der Waals surface area contributed by atoms with E-state index in [1.54, 1.807) is 0 Å². The van der Waals surface area contributed by atoms with Crippen LogP contribution in [0.5, 0.6) is 0 Å². The van der Waals surface area contributed by atoms with E-state index in [4.69, 9.17) is 18.9 Å². The molecular formula is C94H184N4O8. The van der Waals surface area contributed by atoms with Crippen LogP contribution in [0.1, 0.15) is 466 Å². The molecule has 2 unspecified atom stereocenters. The molecule has 1 heterocycles. The Kier molecular flexibility index (Phi) is 76.2. The minimum absolute atomic E-state index is 0.0155. The normalized spacial score (nSPS) is 13.6. The molecule has 1 fully saturated rings. The quantitative estimate of drug-likeness (QED) is 0.0328. The Labute approximate surface area is 660 Å². The van der Waals surface area contributed by atoms with Gasteiger partial charge < -0.3 is 28.7 Å². The Morgan fingerprint density at radius 3 is 0.717 bits per heavy atom. The van der Waals surface area contributed by atoms with Crippen molar-refractivity contribution in [1.29, 1.82) is 0 Å². The van der Waals surface area contributed by atoms with Crippen molar-refractivity contribution in [3.8, 4) is 0 Å². The second kappa shape index (κ2) is 79.4. The average Bonchev–Trinajstić information content (AvgIpc) is 0.940. The van der Waals surface area contributed by atoms with Gasteiger partial charge in [-0.3, -0.25) is 29.0 Å². The molecule has 0 spiro atoms. The molecule has 0 aromatic rings. The summed E-state index contributed by atoms with van der Waals surface area (Å²) in [6.45, 7) is 32.8. The Bertz CT molecular complexity index is 1700. The fourth-order valence-electron chi connectivity index (χ4n) is 15.6. The van der Waals surface area contributed by atoms with E-state index in [2.05, 4.69) is 75.0 Å². The van der Waals surface area contributed by atoms with Crippen molar-refractivity contribution < 1.29 is 38.1 Å². The predicted octanol–water partition coefficient (Wildman–Crippen LogP) is 26.5. The topological polar surface area (TPSA) is 118 Å². The fraction of sp³-hybridized carbons (Fsp3) is 0.957. The molecule has 1 rings (SSSR count). The first-order valence-corrected chi connectivity index (χ1v) is 47.6. The Morgan fingerprint density at radius 1 is 0.255 bits per heavy atom. The first kappa shape index (κ1) is 102. The van der Waals surface area contributed by atoms with Crippen molar-refractivity contribution in [3.63, 3.8) is 0 Å². The minimum atomic E-state index is -0.0155.